The van der Waals surface area contributed by atoms with Gasteiger partial charge in [0.25, 0.3) is 5.22 Å². The van der Waals surface area contributed by atoms with Crippen molar-refractivity contribution in [3.8, 4) is 22.6 Å². The van der Waals surface area contributed by atoms with Crippen LogP contribution in [0.3, 0.4) is 0 Å². The number of hydrogen-bond donors (Lipinski definition) is 0. The summed E-state index contributed by atoms with van der Waals surface area (Å²) < 4.78 is 36.5. The lowest BCUT2D eigenvalue weighted by molar-refractivity contribution is 0.466. The first-order valence-electron chi connectivity index (χ1n) is 9.73. The summed E-state index contributed by atoms with van der Waals surface area (Å²) in [4.78, 5) is 0.774. The molecular weight excluding hydrogens is 447 g/mol. The first-order chi connectivity index (χ1) is 15.6. The Hall–Kier alpha value is -3.23. The van der Waals surface area contributed by atoms with Crippen molar-refractivity contribution in [2.24, 2.45) is 0 Å². The lowest BCUT2D eigenvalue weighted by Crippen LogP contribution is -1.86. The molecule has 1 unspecified atom stereocenters. The average molecular weight is 465 g/mol. The number of fused-ring (bicyclic) bond motifs is 1. The molecule has 0 saturated heterocycles. The van der Waals surface area contributed by atoms with Gasteiger partial charge in [-0.3, -0.25) is 4.21 Å². The van der Waals surface area contributed by atoms with E-state index in [2.05, 4.69) is 10.2 Å². The van der Waals surface area contributed by atoms with Crippen LogP contribution in [0.15, 0.2) is 91.9 Å². The Labute approximate surface area is 190 Å². The van der Waals surface area contributed by atoms with Crippen LogP contribution >= 0.6 is 11.8 Å². The van der Waals surface area contributed by atoms with Gasteiger partial charge in [-0.25, -0.2) is 4.39 Å². The van der Waals surface area contributed by atoms with Gasteiger partial charge in [0.05, 0.1) is 6.26 Å². The summed E-state index contributed by atoms with van der Waals surface area (Å²) in [6, 6.07) is 19.7. The topological polar surface area (TPSA) is 69.1 Å². The van der Waals surface area contributed by atoms with Gasteiger partial charge in [-0.1, -0.05) is 36.0 Å². The zero-order chi connectivity index (χ0) is 22.1. The van der Waals surface area contributed by atoms with Crippen molar-refractivity contribution in [3.63, 3.8) is 0 Å². The molecule has 5 aromatic rings. The second-order valence-electron chi connectivity index (χ2n) is 7.13. The number of furan rings is 1. The van der Waals surface area contributed by atoms with Crippen LogP contribution in [-0.2, 0) is 16.6 Å². The molecular formula is C24H17FN2O3S2. The third-order valence-corrected chi connectivity index (χ3v) is 6.80. The SMILES string of the molecule is CS(=O)c1ccc(-c2coc3ccc(-c4nnc(SCc5cccc(F)c5)o4)cc23)cc1. The molecule has 2 heterocycles. The molecule has 0 fully saturated rings. The van der Waals surface area contributed by atoms with Crippen molar-refractivity contribution in [1.29, 1.82) is 0 Å². The van der Waals surface area contributed by atoms with Crippen LogP contribution in [0.2, 0.25) is 0 Å². The predicted octanol–water partition coefficient (Wildman–Crippen LogP) is 6.32. The highest BCUT2D eigenvalue weighted by molar-refractivity contribution is 7.98. The molecule has 160 valence electrons. The molecule has 5 rings (SSSR count). The fraction of sp³-hybridized carbons (Fsp3) is 0.0833. The van der Waals surface area contributed by atoms with Gasteiger partial charge in [0, 0.05) is 44.2 Å². The maximum absolute atomic E-state index is 13.3. The zero-order valence-corrected chi connectivity index (χ0v) is 18.6. The zero-order valence-electron chi connectivity index (χ0n) is 16.9. The molecule has 0 saturated carbocycles. The number of nitrogens with zero attached hydrogens (tertiary/aromatic N) is 2. The van der Waals surface area contributed by atoms with E-state index < -0.39 is 10.8 Å². The molecule has 0 bridgehead atoms. The van der Waals surface area contributed by atoms with Crippen molar-refractivity contribution in [2.75, 3.05) is 6.26 Å². The van der Waals surface area contributed by atoms with Crippen molar-refractivity contribution in [3.05, 3.63) is 84.4 Å². The van der Waals surface area contributed by atoms with Gasteiger partial charge in [-0.05, 0) is 53.6 Å². The maximum Gasteiger partial charge on any atom is 0.277 e. The number of rotatable bonds is 6. The molecule has 5 nitrogen and oxygen atoms in total. The van der Waals surface area contributed by atoms with Crippen LogP contribution < -0.4 is 0 Å². The summed E-state index contributed by atoms with van der Waals surface area (Å²) in [5.41, 5.74) is 4.25. The quantitative estimate of drug-likeness (QED) is 0.274. The number of hydrogen-bond acceptors (Lipinski definition) is 6. The second kappa shape index (κ2) is 8.72. The van der Waals surface area contributed by atoms with Gasteiger partial charge in [0.2, 0.25) is 5.89 Å². The van der Waals surface area contributed by atoms with Gasteiger partial charge in [0.1, 0.15) is 11.4 Å². The van der Waals surface area contributed by atoms with E-state index in [0.717, 1.165) is 38.1 Å². The molecule has 1 atom stereocenters. The normalized spacial score (nSPS) is 12.3. The summed E-state index contributed by atoms with van der Waals surface area (Å²) in [7, 11) is -1.02. The lowest BCUT2D eigenvalue weighted by Gasteiger charge is -2.02. The molecule has 0 spiro atoms. The van der Waals surface area contributed by atoms with Gasteiger partial charge in [-0.2, -0.15) is 0 Å². The van der Waals surface area contributed by atoms with Gasteiger partial charge < -0.3 is 8.83 Å². The van der Waals surface area contributed by atoms with E-state index >= 15 is 0 Å². The monoisotopic (exact) mass is 464 g/mol. The molecule has 0 aliphatic heterocycles. The minimum Gasteiger partial charge on any atom is -0.464 e. The smallest absolute Gasteiger partial charge is 0.277 e. The minimum absolute atomic E-state index is 0.267. The molecule has 0 N–H and O–H groups in total. The Bertz CT molecular complexity index is 1430. The number of benzene rings is 3. The molecule has 0 aliphatic carbocycles. The van der Waals surface area contributed by atoms with E-state index in [1.807, 2.05) is 48.5 Å². The van der Waals surface area contributed by atoms with Crippen LogP contribution in [0.25, 0.3) is 33.6 Å². The van der Waals surface area contributed by atoms with E-state index in [0.29, 0.717) is 16.9 Å². The maximum atomic E-state index is 13.3. The summed E-state index contributed by atoms with van der Waals surface area (Å²) >= 11 is 1.36. The Morgan fingerprint density at radius 2 is 1.81 bits per heavy atom. The summed E-state index contributed by atoms with van der Waals surface area (Å²) in [6.07, 6.45) is 3.37. The van der Waals surface area contributed by atoms with Gasteiger partial charge in [-0.15, -0.1) is 10.2 Å². The Balaban J connectivity index is 1.40. The number of aromatic nitrogens is 2. The van der Waals surface area contributed by atoms with E-state index in [1.54, 1.807) is 18.6 Å². The van der Waals surface area contributed by atoms with Crippen molar-refractivity contribution >= 4 is 33.5 Å². The van der Waals surface area contributed by atoms with Crippen LogP contribution in [0.1, 0.15) is 5.56 Å². The van der Waals surface area contributed by atoms with Gasteiger partial charge in [0.15, 0.2) is 0 Å². The highest BCUT2D eigenvalue weighted by Crippen LogP contribution is 2.34. The van der Waals surface area contributed by atoms with Crippen LogP contribution in [0, 0.1) is 5.82 Å². The Kier molecular flexibility index (Phi) is 5.63. The van der Waals surface area contributed by atoms with E-state index in [9.17, 15) is 8.60 Å². The van der Waals surface area contributed by atoms with Crippen LogP contribution in [0.4, 0.5) is 4.39 Å². The van der Waals surface area contributed by atoms with Crippen molar-refractivity contribution in [1.82, 2.24) is 10.2 Å². The third kappa shape index (κ3) is 4.24. The fourth-order valence-corrected chi connectivity index (χ4v) is 4.59. The highest BCUT2D eigenvalue weighted by atomic mass is 32.2. The standard InChI is InChI=1S/C24H17FN2O3S2/c1-32(28)19-8-5-16(6-9-19)21-13-29-22-10-7-17(12-20(21)22)23-26-27-24(30-23)31-14-15-3-2-4-18(25)11-15/h2-13H,14H2,1H3. The fourth-order valence-electron chi connectivity index (χ4n) is 3.37. The van der Waals surface area contributed by atoms with Gasteiger partial charge >= 0.3 is 0 Å². The minimum atomic E-state index is -1.02. The van der Waals surface area contributed by atoms with E-state index in [4.69, 9.17) is 8.83 Å². The third-order valence-electron chi connectivity index (χ3n) is 4.98. The predicted molar refractivity (Wildman–Crippen MR) is 123 cm³/mol. The second-order valence-corrected chi connectivity index (χ2v) is 9.44. The van der Waals surface area contributed by atoms with Crippen LogP contribution in [-0.4, -0.2) is 20.7 Å². The van der Waals surface area contributed by atoms with Crippen molar-refractivity contribution < 1.29 is 17.4 Å². The molecule has 8 heteroatoms. The van der Waals surface area contributed by atoms with Crippen LogP contribution in [0.5, 0.6) is 0 Å². The van der Waals surface area contributed by atoms with E-state index in [1.165, 1.54) is 23.9 Å². The molecule has 32 heavy (non-hydrogen) atoms. The lowest BCUT2D eigenvalue weighted by atomic mass is 10.0. The average Bonchev–Trinajstić information content (AvgIpc) is 3.44. The molecule has 0 radical (unpaired) electrons. The first-order valence-corrected chi connectivity index (χ1v) is 12.3. The molecule has 2 aromatic heterocycles. The number of halogens is 1. The first kappa shape index (κ1) is 20.7. The summed E-state index contributed by atoms with van der Waals surface area (Å²) in [6.45, 7) is 0. The molecule has 3 aromatic carbocycles. The van der Waals surface area contributed by atoms with E-state index in [-0.39, 0.29) is 5.82 Å². The summed E-state index contributed by atoms with van der Waals surface area (Å²) in [5.74, 6) is 0.664. The van der Waals surface area contributed by atoms with Crippen molar-refractivity contribution in [2.45, 2.75) is 15.9 Å². The molecule has 0 aliphatic rings. The Morgan fingerprint density at radius 3 is 2.59 bits per heavy atom. The Morgan fingerprint density at radius 1 is 1.00 bits per heavy atom. The molecule has 0 amide bonds. The highest BCUT2D eigenvalue weighted by Gasteiger charge is 2.14. The number of thioether (sulfide) groups is 1. The largest absolute Gasteiger partial charge is 0.464 e. The summed E-state index contributed by atoms with van der Waals surface area (Å²) in [5, 5.41) is 9.60.